The van der Waals surface area contributed by atoms with Crippen LogP contribution in [0.5, 0.6) is 0 Å². The number of anilines is 1. The van der Waals surface area contributed by atoms with Crippen LogP contribution in [0.4, 0.5) is 10.7 Å². The SMILES string of the molecule is CCn1cc(C=Nc2sc3c(c2C(=O)Nc2ccccc2)CCCC3)c2ccccc21. The minimum Gasteiger partial charge on any atom is -0.347 e. The molecule has 4 nitrogen and oxygen atoms in total. The van der Waals surface area contributed by atoms with E-state index in [-0.39, 0.29) is 5.91 Å². The summed E-state index contributed by atoms with van der Waals surface area (Å²) in [4.78, 5) is 19.4. The number of carbonyl (C=O) groups excluding carboxylic acids is 1. The summed E-state index contributed by atoms with van der Waals surface area (Å²) in [6.45, 7) is 3.05. The molecule has 31 heavy (non-hydrogen) atoms. The van der Waals surface area contributed by atoms with Gasteiger partial charge >= 0.3 is 0 Å². The molecule has 0 bridgehead atoms. The molecule has 0 fully saturated rings. The molecule has 0 spiro atoms. The van der Waals surface area contributed by atoms with Gasteiger partial charge in [0.25, 0.3) is 5.91 Å². The van der Waals surface area contributed by atoms with Gasteiger partial charge in [0.2, 0.25) is 0 Å². The number of hydrogen-bond acceptors (Lipinski definition) is 3. The van der Waals surface area contributed by atoms with E-state index in [1.807, 2.05) is 36.5 Å². The summed E-state index contributed by atoms with van der Waals surface area (Å²) in [5.74, 6) is -0.0614. The van der Waals surface area contributed by atoms with E-state index in [1.165, 1.54) is 27.8 Å². The van der Waals surface area contributed by atoms with E-state index >= 15 is 0 Å². The third-order valence-electron chi connectivity index (χ3n) is 5.89. The molecule has 0 atom stereocenters. The average molecular weight is 428 g/mol. The Morgan fingerprint density at radius 3 is 2.71 bits per heavy atom. The van der Waals surface area contributed by atoms with Gasteiger partial charge in [-0.15, -0.1) is 11.3 Å². The molecular weight excluding hydrogens is 402 g/mol. The van der Waals surface area contributed by atoms with Gasteiger partial charge in [0.15, 0.2) is 0 Å². The van der Waals surface area contributed by atoms with Crippen LogP contribution >= 0.6 is 11.3 Å². The molecule has 0 saturated heterocycles. The van der Waals surface area contributed by atoms with Crippen LogP contribution in [0, 0.1) is 0 Å². The molecule has 1 amide bonds. The Balaban J connectivity index is 1.54. The number of aryl methyl sites for hydroxylation is 2. The summed E-state index contributed by atoms with van der Waals surface area (Å²) in [5.41, 5.74) is 5.04. The van der Waals surface area contributed by atoms with Gasteiger partial charge < -0.3 is 9.88 Å². The number of amides is 1. The fraction of sp³-hybridized carbons (Fsp3) is 0.231. The van der Waals surface area contributed by atoms with Gasteiger partial charge in [0, 0.05) is 46.0 Å². The van der Waals surface area contributed by atoms with Gasteiger partial charge in [0.1, 0.15) is 5.00 Å². The van der Waals surface area contributed by atoms with E-state index in [0.717, 1.165) is 47.6 Å². The maximum atomic E-state index is 13.3. The highest BCUT2D eigenvalue weighted by Crippen LogP contribution is 2.40. The Hall–Kier alpha value is -3.18. The van der Waals surface area contributed by atoms with E-state index in [2.05, 4.69) is 47.3 Å². The lowest BCUT2D eigenvalue weighted by molar-refractivity contribution is 0.102. The number of para-hydroxylation sites is 2. The van der Waals surface area contributed by atoms with Crippen LogP contribution in [0.1, 0.15) is 46.1 Å². The normalized spacial score (nSPS) is 13.6. The molecule has 5 heteroatoms. The van der Waals surface area contributed by atoms with Crippen LogP contribution < -0.4 is 5.32 Å². The minimum absolute atomic E-state index is 0.0614. The molecule has 0 unspecified atom stereocenters. The lowest BCUT2D eigenvalue weighted by atomic mass is 9.95. The molecule has 5 rings (SSSR count). The molecule has 156 valence electrons. The first-order valence-corrected chi connectivity index (χ1v) is 11.7. The van der Waals surface area contributed by atoms with E-state index in [0.29, 0.717) is 0 Å². The number of benzene rings is 2. The van der Waals surface area contributed by atoms with Crippen molar-refractivity contribution in [3.05, 3.63) is 82.4 Å². The molecule has 2 aromatic carbocycles. The second kappa shape index (κ2) is 8.52. The number of nitrogens with zero attached hydrogens (tertiary/aromatic N) is 2. The molecule has 0 saturated carbocycles. The molecule has 1 aliphatic rings. The van der Waals surface area contributed by atoms with Crippen LogP contribution in [0.2, 0.25) is 0 Å². The zero-order valence-corrected chi connectivity index (χ0v) is 18.4. The zero-order valence-electron chi connectivity index (χ0n) is 17.6. The molecule has 1 aliphatic carbocycles. The molecule has 0 radical (unpaired) electrons. The number of carbonyl (C=O) groups is 1. The largest absolute Gasteiger partial charge is 0.347 e. The highest BCUT2D eigenvalue weighted by molar-refractivity contribution is 7.16. The van der Waals surface area contributed by atoms with Crippen LogP contribution in [0.25, 0.3) is 10.9 Å². The van der Waals surface area contributed by atoms with Crippen LogP contribution in [-0.2, 0) is 19.4 Å². The second-order valence-corrected chi connectivity index (χ2v) is 8.94. The van der Waals surface area contributed by atoms with Crippen molar-refractivity contribution >= 4 is 45.0 Å². The smallest absolute Gasteiger partial charge is 0.259 e. The first-order valence-electron chi connectivity index (χ1n) is 10.9. The highest BCUT2D eigenvalue weighted by atomic mass is 32.1. The summed E-state index contributed by atoms with van der Waals surface area (Å²) >= 11 is 1.67. The number of nitrogens with one attached hydrogen (secondary N) is 1. The van der Waals surface area contributed by atoms with Crippen molar-refractivity contribution in [1.29, 1.82) is 0 Å². The Bertz CT molecular complexity index is 1270. The molecular formula is C26H25N3OS. The second-order valence-electron chi connectivity index (χ2n) is 7.86. The average Bonchev–Trinajstić information content (AvgIpc) is 3.36. The molecule has 1 N–H and O–H groups in total. The Labute approximate surface area is 186 Å². The third-order valence-corrected chi connectivity index (χ3v) is 7.09. The maximum absolute atomic E-state index is 13.3. The summed E-state index contributed by atoms with van der Waals surface area (Å²) in [6.07, 6.45) is 8.36. The quantitative estimate of drug-likeness (QED) is 0.358. The lowest BCUT2D eigenvalue weighted by Crippen LogP contribution is -2.14. The minimum atomic E-state index is -0.0614. The van der Waals surface area contributed by atoms with Gasteiger partial charge in [-0.05, 0) is 56.4 Å². The number of hydrogen-bond donors (Lipinski definition) is 1. The maximum Gasteiger partial charge on any atom is 0.259 e. The van der Waals surface area contributed by atoms with Crippen molar-refractivity contribution in [2.75, 3.05) is 5.32 Å². The Morgan fingerprint density at radius 1 is 1.10 bits per heavy atom. The van der Waals surface area contributed by atoms with Gasteiger partial charge in [-0.1, -0.05) is 36.4 Å². The van der Waals surface area contributed by atoms with Gasteiger partial charge in [0.05, 0.1) is 5.56 Å². The number of aliphatic imine (C=N–C) groups is 1. The summed E-state index contributed by atoms with van der Waals surface area (Å²) in [5, 5.41) is 5.06. The van der Waals surface area contributed by atoms with E-state index < -0.39 is 0 Å². The number of rotatable bonds is 5. The van der Waals surface area contributed by atoms with E-state index in [9.17, 15) is 4.79 Å². The predicted octanol–water partition coefficient (Wildman–Crippen LogP) is 6.60. The van der Waals surface area contributed by atoms with Gasteiger partial charge in [-0.3, -0.25) is 4.79 Å². The Morgan fingerprint density at radius 2 is 1.87 bits per heavy atom. The third kappa shape index (κ3) is 3.81. The van der Waals surface area contributed by atoms with Gasteiger partial charge in [-0.2, -0.15) is 0 Å². The number of fused-ring (bicyclic) bond motifs is 2. The van der Waals surface area contributed by atoms with E-state index in [1.54, 1.807) is 11.3 Å². The molecule has 2 heterocycles. The Kier molecular flexibility index (Phi) is 5.43. The predicted molar refractivity (Wildman–Crippen MR) is 130 cm³/mol. The van der Waals surface area contributed by atoms with Crippen LogP contribution in [0.15, 0.2) is 65.8 Å². The zero-order chi connectivity index (χ0) is 21.2. The molecule has 4 aromatic rings. The van der Waals surface area contributed by atoms with Crippen molar-refractivity contribution in [2.24, 2.45) is 4.99 Å². The van der Waals surface area contributed by atoms with Crippen molar-refractivity contribution < 1.29 is 4.79 Å². The van der Waals surface area contributed by atoms with Crippen molar-refractivity contribution in [1.82, 2.24) is 4.57 Å². The first-order chi connectivity index (χ1) is 15.2. The standard InChI is InChI=1S/C26H25N3OS/c1-2-29-17-18(20-12-6-8-14-22(20)29)16-27-26-24(21-13-7-9-15-23(21)31-26)25(30)28-19-10-4-3-5-11-19/h3-6,8,10-12,14,16-17H,2,7,9,13,15H2,1H3,(H,28,30). The fourth-order valence-electron chi connectivity index (χ4n) is 4.36. The molecule has 0 aliphatic heterocycles. The monoisotopic (exact) mass is 427 g/mol. The fourth-order valence-corrected chi connectivity index (χ4v) is 5.59. The van der Waals surface area contributed by atoms with Crippen molar-refractivity contribution in [3.8, 4) is 0 Å². The van der Waals surface area contributed by atoms with Gasteiger partial charge in [-0.25, -0.2) is 4.99 Å². The number of aromatic nitrogens is 1. The molecule has 2 aromatic heterocycles. The summed E-state index contributed by atoms with van der Waals surface area (Å²) < 4.78 is 2.24. The van der Waals surface area contributed by atoms with Crippen molar-refractivity contribution in [3.63, 3.8) is 0 Å². The van der Waals surface area contributed by atoms with Crippen LogP contribution in [0.3, 0.4) is 0 Å². The lowest BCUT2D eigenvalue weighted by Gasteiger charge is -2.12. The van der Waals surface area contributed by atoms with Crippen molar-refractivity contribution in [2.45, 2.75) is 39.2 Å². The van der Waals surface area contributed by atoms with E-state index in [4.69, 9.17) is 4.99 Å². The summed E-state index contributed by atoms with van der Waals surface area (Å²) in [7, 11) is 0. The first kappa shape index (κ1) is 19.8. The number of thiophene rings is 1. The highest BCUT2D eigenvalue weighted by Gasteiger charge is 2.25. The topological polar surface area (TPSA) is 46.4 Å². The summed E-state index contributed by atoms with van der Waals surface area (Å²) in [6, 6.07) is 18.0. The van der Waals surface area contributed by atoms with Crippen LogP contribution in [-0.4, -0.2) is 16.7 Å².